The van der Waals surface area contributed by atoms with E-state index in [4.69, 9.17) is 5.11 Å². The molecule has 0 aliphatic carbocycles. The Kier molecular flexibility index (Phi) is 9.42. The van der Waals surface area contributed by atoms with Gasteiger partial charge in [-0.15, -0.1) is 0 Å². The topological polar surface area (TPSA) is 32.3 Å². The Bertz CT molecular complexity index is 115. The quantitative estimate of drug-likeness (QED) is 0.562. The summed E-state index contributed by atoms with van der Waals surface area (Å²) in [4.78, 5) is 0. The summed E-state index contributed by atoms with van der Waals surface area (Å²) in [6.45, 7) is 7.38. The van der Waals surface area contributed by atoms with Crippen molar-refractivity contribution in [2.24, 2.45) is 0 Å². The predicted octanol–water partition coefficient (Wildman–Crippen LogP) is 2.71. The molecule has 0 saturated heterocycles. The maximum atomic E-state index is 9.09. The fourth-order valence-corrected chi connectivity index (χ4v) is 1.60. The van der Waals surface area contributed by atoms with E-state index in [0.717, 1.165) is 19.4 Å². The van der Waals surface area contributed by atoms with Gasteiger partial charge in [-0.3, -0.25) is 0 Å². The van der Waals surface area contributed by atoms with Crippen LogP contribution in [0, 0.1) is 0 Å². The molecular formula is C12H27NO. The lowest BCUT2D eigenvalue weighted by atomic mass is 10.1. The van der Waals surface area contributed by atoms with E-state index in [2.05, 4.69) is 19.2 Å². The van der Waals surface area contributed by atoms with Crippen molar-refractivity contribution >= 4 is 0 Å². The molecule has 0 radical (unpaired) electrons. The van der Waals surface area contributed by atoms with E-state index in [-0.39, 0.29) is 6.10 Å². The molecule has 0 aliphatic heterocycles. The smallest absolute Gasteiger partial charge is 0.0512 e. The maximum Gasteiger partial charge on any atom is 0.0512 e. The Labute approximate surface area is 89.1 Å². The van der Waals surface area contributed by atoms with Gasteiger partial charge in [-0.25, -0.2) is 0 Å². The molecule has 0 aliphatic rings. The molecule has 86 valence electrons. The van der Waals surface area contributed by atoms with E-state index < -0.39 is 0 Å². The lowest BCUT2D eigenvalue weighted by Crippen LogP contribution is -2.29. The van der Waals surface area contributed by atoms with Crippen molar-refractivity contribution in [1.82, 2.24) is 5.32 Å². The molecule has 0 aromatic heterocycles. The zero-order valence-corrected chi connectivity index (χ0v) is 10.1. The zero-order chi connectivity index (χ0) is 10.8. The Hall–Kier alpha value is -0.0800. The summed E-state index contributed by atoms with van der Waals surface area (Å²) in [5, 5.41) is 12.6. The number of aliphatic hydroxyl groups is 1. The first-order chi connectivity index (χ1) is 6.70. The second-order valence-corrected chi connectivity index (χ2v) is 4.19. The van der Waals surface area contributed by atoms with Crippen molar-refractivity contribution in [3.05, 3.63) is 0 Å². The SMILES string of the molecule is CCCCC(CC)NCCCC(C)O. The van der Waals surface area contributed by atoms with Crippen LogP contribution >= 0.6 is 0 Å². The van der Waals surface area contributed by atoms with Gasteiger partial charge in [0.2, 0.25) is 0 Å². The van der Waals surface area contributed by atoms with Crippen LogP contribution in [0.25, 0.3) is 0 Å². The van der Waals surface area contributed by atoms with Crippen LogP contribution in [0.3, 0.4) is 0 Å². The fraction of sp³-hybridized carbons (Fsp3) is 1.00. The fourth-order valence-electron chi connectivity index (χ4n) is 1.60. The minimum absolute atomic E-state index is 0.146. The molecule has 2 N–H and O–H groups in total. The lowest BCUT2D eigenvalue weighted by Gasteiger charge is -2.16. The molecule has 0 saturated carbocycles. The van der Waals surface area contributed by atoms with Gasteiger partial charge in [0.1, 0.15) is 0 Å². The Morgan fingerprint density at radius 1 is 1.14 bits per heavy atom. The molecule has 0 rings (SSSR count). The molecule has 0 heterocycles. The molecule has 0 amide bonds. The number of rotatable bonds is 9. The highest BCUT2D eigenvalue weighted by Gasteiger charge is 2.04. The van der Waals surface area contributed by atoms with Gasteiger partial charge in [0, 0.05) is 6.04 Å². The number of hydrogen-bond acceptors (Lipinski definition) is 2. The number of unbranched alkanes of at least 4 members (excludes halogenated alkanes) is 1. The highest BCUT2D eigenvalue weighted by Crippen LogP contribution is 2.04. The van der Waals surface area contributed by atoms with Gasteiger partial charge in [-0.2, -0.15) is 0 Å². The van der Waals surface area contributed by atoms with Crippen molar-refractivity contribution in [2.75, 3.05) is 6.54 Å². The van der Waals surface area contributed by atoms with Gasteiger partial charge in [0.15, 0.2) is 0 Å². The first kappa shape index (κ1) is 13.9. The third-order valence-electron chi connectivity index (χ3n) is 2.63. The number of hydrogen-bond donors (Lipinski definition) is 2. The average Bonchev–Trinajstić information content (AvgIpc) is 2.16. The summed E-state index contributed by atoms with van der Waals surface area (Å²) in [5.41, 5.74) is 0. The normalized spacial score (nSPS) is 15.4. The van der Waals surface area contributed by atoms with Crippen LogP contribution in [0.4, 0.5) is 0 Å². The molecular weight excluding hydrogens is 174 g/mol. The summed E-state index contributed by atoms with van der Waals surface area (Å²) in [7, 11) is 0. The maximum absolute atomic E-state index is 9.09. The zero-order valence-electron chi connectivity index (χ0n) is 10.1. The lowest BCUT2D eigenvalue weighted by molar-refractivity contribution is 0.180. The van der Waals surface area contributed by atoms with E-state index in [9.17, 15) is 0 Å². The second-order valence-electron chi connectivity index (χ2n) is 4.19. The van der Waals surface area contributed by atoms with E-state index in [1.54, 1.807) is 0 Å². The van der Waals surface area contributed by atoms with E-state index in [0.29, 0.717) is 6.04 Å². The Morgan fingerprint density at radius 2 is 1.86 bits per heavy atom. The molecule has 0 bridgehead atoms. The van der Waals surface area contributed by atoms with Crippen molar-refractivity contribution in [3.8, 4) is 0 Å². The van der Waals surface area contributed by atoms with Crippen molar-refractivity contribution in [3.63, 3.8) is 0 Å². The second kappa shape index (κ2) is 9.47. The summed E-state index contributed by atoms with van der Waals surface area (Å²) in [5.74, 6) is 0. The third-order valence-corrected chi connectivity index (χ3v) is 2.63. The first-order valence-electron chi connectivity index (χ1n) is 6.12. The van der Waals surface area contributed by atoms with Gasteiger partial charge >= 0.3 is 0 Å². The van der Waals surface area contributed by atoms with E-state index in [1.165, 1.54) is 25.7 Å². The van der Waals surface area contributed by atoms with Crippen LogP contribution in [0.1, 0.15) is 59.3 Å². The largest absolute Gasteiger partial charge is 0.393 e. The Morgan fingerprint density at radius 3 is 2.36 bits per heavy atom. The molecule has 2 nitrogen and oxygen atoms in total. The highest BCUT2D eigenvalue weighted by atomic mass is 16.3. The summed E-state index contributed by atoms with van der Waals surface area (Å²) >= 11 is 0. The van der Waals surface area contributed by atoms with Gasteiger partial charge in [-0.05, 0) is 39.2 Å². The van der Waals surface area contributed by atoms with E-state index in [1.807, 2.05) is 6.92 Å². The molecule has 2 atom stereocenters. The van der Waals surface area contributed by atoms with Crippen LogP contribution in [-0.2, 0) is 0 Å². The van der Waals surface area contributed by atoms with Crippen molar-refractivity contribution in [1.29, 1.82) is 0 Å². The molecule has 0 aromatic rings. The molecule has 2 heteroatoms. The van der Waals surface area contributed by atoms with Gasteiger partial charge in [0.05, 0.1) is 6.10 Å². The van der Waals surface area contributed by atoms with Gasteiger partial charge < -0.3 is 10.4 Å². The van der Waals surface area contributed by atoms with Crippen molar-refractivity contribution < 1.29 is 5.11 Å². The molecule has 0 fully saturated rings. The van der Waals surface area contributed by atoms with Gasteiger partial charge in [-0.1, -0.05) is 26.7 Å². The molecule has 2 unspecified atom stereocenters. The van der Waals surface area contributed by atoms with Crippen LogP contribution < -0.4 is 5.32 Å². The van der Waals surface area contributed by atoms with Crippen LogP contribution in [-0.4, -0.2) is 23.8 Å². The average molecular weight is 201 g/mol. The molecule has 0 aromatic carbocycles. The predicted molar refractivity (Wildman–Crippen MR) is 62.5 cm³/mol. The van der Waals surface area contributed by atoms with Crippen LogP contribution in [0.2, 0.25) is 0 Å². The Balaban J connectivity index is 3.33. The molecule has 14 heavy (non-hydrogen) atoms. The standard InChI is InChI=1S/C12H27NO/c1-4-6-9-12(5-2)13-10-7-8-11(3)14/h11-14H,4-10H2,1-3H3. The summed E-state index contributed by atoms with van der Waals surface area (Å²) in [6, 6.07) is 0.684. The van der Waals surface area contributed by atoms with Crippen molar-refractivity contribution in [2.45, 2.75) is 71.4 Å². The number of aliphatic hydroxyl groups excluding tert-OH is 1. The summed E-state index contributed by atoms with van der Waals surface area (Å²) < 4.78 is 0. The number of nitrogens with one attached hydrogen (secondary N) is 1. The first-order valence-corrected chi connectivity index (χ1v) is 6.12. The minimum Gasteiger partial charge on any atom is -0.393 e. The molecule has 0 spiro atoms. The summed E-state index contributed by atoms with van der Waals surface area (Å²) in [6.07, 6.45) is 6.97. The third kappa shape index (κ3) is 8.52. The van der Waals surface area contributed by atoms with Crippen LogP contribution in [0.15, 0.2) is 0 Å². The highest BCUT2D eigenvalue weighted by molar-refractivity contribution is 4.64. The van der Waals surface area contributed by atoms with Crippen LogP contribution in [0.5, 0.6) is 0 Å². The van der Waals surface area contributed by atoms with E-state index >= 15 is 0 Å². The van der Waals surface area contributed by atoms with Gasteiger partial charge in [0.25, 0.3) is 0 Å². The monoisotopic (exact) mass is 201 g/mol. The minimum atomic E-state index is -0.146.